The van der Waals surface area contributed by atoms with E-state index in [0.29, 0.717) is 52.5 Å². The zero-order valence-corrected chi connectivity index (χ0v) is 18.3. The van der Waals surface area contributed by atoms with E-state index < -0.39 is 0 Å². The van der Waals surface area contributed by atoms with Crippen LogP contribution in [0.25, 0.3) is 0 Å². The van der Waals surface area contributed by atoms with E-state index in [-0.39, 0.29) is 11.9 Å². The molecule has 31 heavy (non-hydrogen) atoms. The van der Waals surface area contributed by atoms with Crippen LogP contribution in [-0.4, -0.2) is 41.0 Å². The molecule has 0 bridgehead atoms. The number of carbonyl (C=O) groups is 1. The monoisotopic (exact) mass is 425 g/mol. The molecule has 164 valence electrons. The van der Waals surface area contributed by atoms with Crippen LogP contribution in [0, 0.1) is 5.92 Å². The molecule has 7 heteroatoms. The van der Waals surface area contributed by atoms with Crippen molar-refractivity contribution in [2.24, 2.45) is 5.92 Å². The third-order valence-corrected chi connectivity index (χ3v) is 5.68. The van der Waals surface area contributed by atoms with Crippen LogP contribution in [0.3, 0.4) is 0 Å². The number of ether oxygens (including phenoxy) is 5. The second-order valence-electron chi connectivity index (χ2n) is 7.65. The van der Waals surface area contributed by atoms with Crippen molar-refractivity contribution in [3.05, 3.63) is 48.0 Å². The number of carbonyl (C=O) groups excluding carboxylic acids is 1. The standard InChI is InChI=1S/C24H27NO6/c1-14-22(16-8-9-18(27-2)19(10-16)31-13-15-6-7-15)25(24(14)26)17-11-20(28-3)23(30-5)21(12-17)29-4/h8-12,15,22H,1,6-7,13H2,2-5H3. The lowest BCUT2D eigenvalue weighted by Gasteiger charge is -2.42. The van der Waals surface area contributed by atoms with Crippen molar-refractivity contribution in [3.8, 4) is 28.7 Å². The van der Waals surface area contributed by atoms with Crippen LogP contribution < -0.4 is 28.6 Å². The quantitative estimate of drug-likeness (QED) is 0.444. The van der Waals surface area contributed by atoms with Crippen LogP contribution in [0.1, 0.15) is 24.4 Å². The molecule has 0 radical (unpaired) electrons. The average Bonchev–Trinajstić information content (AvgIpc) is 3.63. The van der Waals surface area contributed by atoms with E-state index in [1.807, 2.05) is 18.2 Å². The fourth-order valence-corrected chi connectivity index (χ4v) is 3.77. The molecule has 1 aliphatic heterocycles. The molecular formula is C24H27NO6. The number of nitrogens with zero attached hydrogens (tertiary/aromatic N) is 1. The Kier molecular flexibility index (Phi) is 5.67. The molecule has 1 saturated carbocycles. The minimum Gasteiger partial charge on any atom is -0.493 e. The van der Waals surface area contributed by atoms with Crippen LogP contribution >= 0.6 is 0 Å². The number of rotatable bonds is 9. The topological polar surface area (TPSA) is 66.5 Å². The molecule has 0 aromatic heterocycles. The fraction of sp³-hybridized carbons (Fsp3) is 0.375. The number of anilines is 1. The van der Waals surface area contributed by atoms with Crippen LogP contribution in [0.4, 0.5) is 5.69 Å². The van der Waals surface area contributed by atoms with Gasteiger partial charge in [0.15, 0.2) is 23.0 Å². The average molecular weight is 425 g/mol. The van der Waals surface area contributed by atoms with Crippen molar-refractivity contribution in [2.45, 2.75) is 18.9 Å². The number of benzene rings is 2. The van der Waals surface area contributed by atoms with Gasteiger partial charge in [0.2, 0.25) is 5.75 Å². The van der Waals surface area contributed by atoms with Gasteiger partial charge in [-0.2, -0.15) is 0 Å². The Bertz CT molecular complexity index is 988. The second kappa shape index (κ2) is 8.41. The van der Waals surface area contributed by atoms with Crippen molar-refractivity contribution >= 4 is 11.6 Å². The zero-order valence-electron chi connectivity index (χ0n) is 18.3. The highest BCUT2D eigenvalue weighted by Gasteiger charge is 2.43. The summed E-state index contributed by atoms with van der Waals surface area (Å²) in [6.07, 6.45) is 2.40. The molecule has 2 fully saturated rings. The lowest BCUT2D eigenvalue weighted by atomic mass is 9.88. The van der Waals surface area contributed by atoms with Gasteiger partial charge in [0, 0.05) is 17.7 Å². The molecule has 1 aliphatic carbocycles. The molecule has 1 saturated heterocycles. The lowest BCUT2D eigenvalue weighted by Crippen LogP contribution is -2.48. The fourth-order valence-electron chi connectivity index (χ4n) is 3.77. The maximum Gasteiger partial charge on any atom is 0.256 e. The van der Waals surface area contributed by atoms with Gasteiger partial charge in [0.1, 0.15) is 0 Å². The Labute approximate surface area is 182 Å². The Balaban J connectivity index is 1.70. The van der Waals surface area contributed by atoms with Gasteiger partial charge in [-0.05, 0) is 36.5 Å². The van der Waals surface area contributed by atoms with E-state index in [9.17, 15) is 4.79 Å². The first-order chi connectivity index (χ1) is 15.0. The normalized spacial score (nSPS) is 17.8. The van der Waals surface area contributed by atoms with Gasteiger partial charge < -0.3 is 23.7 Å². The van der Waals surface area contributed by atoms with Gasteiger partial charge in [0.25, 0.3) is 5.91 Å². The van der Waals surface area contributed by atoms with Crippen LogP contribution in [0.15, 0.2) is 42.5 Å². The van der Waals surface area contributed by atoms with Gasteiger partial charge in [0.05, 0.1) is 46.8 Å². The Morgan fingerprint density at radius 3 is 2.10 bits per heavy atom. The number of hydrogen-bond donors (Lipinski definition) is 0. The summed E-state index contributed by atoms with van der Waals surface area (Å²) in [5.41, 5.74) is 2.03. The summed E-state index contributed by atoms with van der Waals surface area (Å²) in [5.74, 6) is 3.22. The largest absolute Gasteiger partial charge is 0.493 e. The molecule has 2 aliphatic rings. The van der Waals surface area contributed by atoms with E-state index >= 15 is 0 Å². The van der Waals surface area contributed by atoms with Crippen molar-refractivity contribution in [3.63, 3.8) is 0 Å². The summed E-state index contributed by atoms with van der Waals surface area (Å²) in [6, 6.07) is 8.90. The van der Waals surface area contributed by atoms with E-state index in [1.165, 1.54) is 12.8 Å². The van der Waals surface area contributed by atoms with Crippen molar-refractivity contribution in [1.82, 2.24) is 0 Å². The van der Waals surface area contributed by atoms with Gasteiger partial charge >= 0.3 is 0 Å². The first kappa shape index (κ1) is 20.9. The highest BCUT2D eigenvalue weighted by atomic mass is 16.5. The minimum absolute atomic E-state index is 0.157. The van der Waals surface area contributed by atoms with Gasteiger partial charge in [-0.15, -0.1) is 0 Å². The third-order valence-electron chi connectivity index (χ3n) is 5.68. The highest BCUT2D eigenvalue weighted by Crippen LogP contribution is 2.48. The molecule has 7 nitrogen and oxygen atoms in total. The first-order valence-electron chi connectivity index (χ1n) is 10.2. The van der Waals surface area contributed by atoms with Gasteiger partial charge in [-0.3, -0.25) is 9.69 Å². The Hall–Kier alpha value is -3.35. The predicted molar refractivity (Wildman–Crippen MR) is 117 cm³/mol. The Morgan fingerprint density at radius 2 is 1.55 bits per heavy atom. The van der Waals surface area contributed by atoms with Crippen LogP contribution in [0.5, 0.6) is 28.7 Å². The number of methoxy groups -OCH3 is 4. The summed E-state index contributed by atoms with van der Waals surface area (Å²) in [6.45, 7) is 4.67. The maximum atomic E-state index is 12.8. The molecule has 2 aromatic carbocycles. The molecule has 0 spiro atoms. The molecular weight excluding hydrogens is 398 g/mol. The van der Waals surface area contributed by atoms with E-state index in [4.69, 9.17) is 23.7 Å². The van der Waals surface area contributed by atoms with E-state index in [2.05, 4.69) is 6.58 Å². The number of hydrogen-bond acceptors (Lipinski definition) is 6. The SMILES string of the molecule is C=C1C(=O)N(c2cc(OC)c(OC)c(OC)c2)C1c1ccc(OC)c(OCC2CC2)c1. The summed E-state index contributed by atoms with van der Waals surface area (Å²) < 4.78 is 27.8. The Morgan fingerprint density at radius 1 is 0.903 bits per heavy atom. The zero-order chi connectivity index (χ0) is 22.1. The minimum atomic E-state index is -0.329. The summed E-state index contributed by atoms with van der Waals surface area (Å²) >= 11 is 0. The molecule has 1 amide bonds. The summed E-state index contributed by atoms with van der Waals surface area (Å²) in [5, 5.41) is 0. The van der Waals surface area contributed by atoms with Crippen molar-refractivity contribution < 1.29 is 28.5 Å². The molecule has 2 aromatic rings. The third kappa shape index (κ3) is 3.76. The van der Waals surface area contributed by atoms with Gasteiger partial charge in [-0.1, -0.05) is 12.6 Å². The molecule has 1 unspecified atom stereocenters. The van der Waals surface area contributed by atoms with Crippen LogP contribution in [-0.2, 0) is 4.79 Å². The maximum absolute atomic E-state index is 12.8. The van der Waals surface area contributed by atoms with Crippen molar-refractivity contribution in [2.75, 3.05) is 39.9 Å². The predicted octanol–water partition coefficient (Wildman–Crippen LogP) is 4.15. The first-order valence-corrected chi connectivity index (χ1v) is 10.2. The van der Waals surface area contributed by atoms with Crippen LogP contribution in [0.2, 0.25) is 0 Å². The molecule has 1 heterocycles. The van der Waals surface area contributed by atoms with E-state index in [1.54, 1.807) is 45.5 Å². The van der Waals surface area contributed by atoms with E-state index in [0.717, 1.165) is 5.56 Å². The smallest absolute Gasteiger partial charge is 0.256 e. The molecule has 0 N–H and O–H groups in total. The number of amides is 1. The highest BCUT2D eigenvalue weighted by molar-refractivity contribution is 6.15. The molecule has 1 atom stereocenters. The second-order valence-corrected chi connectivity index (χ2v) is 7.65. The number of β-lactam (4-membered cyclic amide) rings is 1. The molecule has 4 rings (SSSR count). The van der Waals surface area contributed by atoms with Crippen molar-refractivity contribution in [1.29, 1.82) is 0 Å². The summed E-state index contributed by atoms with van der Waals surface area (Å²) in [4.78, 5) is 14.5. The van der Waals surface area contributed by atoms with Gasteiger partial charge in [-0.25, -0.2) is 0 Å². The lowest BCUT2D eigenvalue weighted by molar-refractivity contribution is -0.118. The summed E-state index contributed by atoms with van der Waals surface area (Å²) in [7, 11) is 6.25.